The van der Waals surface area contributed by atoms with Crippen LogP contribution in [0.4, 0.5) is 10.1 Å². The first-order valence-electron chi connectivity index (χ1n) is 5.79. The fourth-order valence-electron chi connectivity index (χ4n) is 1.50. The molecule has 0 saturated carbocycles. The van der Waals surface area contributed by atoms with Crippen molar-refractivity contribution < 1.29 is 12.8 Å². The van der Waals surface area contributed by atoms with Crippen LogP contribution in [-0.4, -0.2) is 19.4 Å². The second-order valence-electron chi connectivity index (χ2n) is 3.96. The van der Waals surface area contributed by atoms with Crippen molar-refractivity contribution in [2.75, 3.05) is 10.7 Å². The van der Waals surface area contributed by atoms with Gasteiger partial charge in [-0.1, -0.05) is 42.1 Å². The number of pyridine rings is 1. The molecule has 1 aromatic carbocycles. The average molecular weight is 312 g/mol. The zero-order chi connectivity index (χ0) is 14.4. The summed E-state index contributed by atoms with van der Waals surface area (Å²) in [7, 11) is -3.95. The van der Waals surface area contributed by atoms with Gasteiger partial charge in [0.2, 0.25) is 6.01 Å². The molecule has 0 aliphatic heterocycles. The fraction of sp³-hybridized carbons (Fsp3) is 0.154. The lowest BCUT2D eigenvalue weighted by Crippen LogP contribution is -2.14. The lowest BCUT2D eigenvalue weighted by Gasteiger charge is -2.09. The predicted molar refractivity (Wildman–Crippen MR) is 78.8 cm³/mol. The average Bonchev–Trinajstić information content (AvgIpc) is 2.47. The molecule has 0 saturated heterocycles. The van der Waals surface area contributed by atoms with Crippen LogP contribution in [0.25, 0.3) is 0 Å². The van der Waals surface area contributed by atoms with Gasteiger partial charge < -0.3 is 0 Å². The molecule has 0 aliphatic carbocycles. The van der Waals surface area contributed by atoms with Crippen molar-refractivity contribution in [2.45, 2.75) is 10.8 Å². The molecule has 0 aliphatic rings. The first-order chi connectivity index (χ1) is 9.61. The van der Waals surface area contributed by atoms with E-state index in [2.05, 4.69) is 9.71 Å². The topological polar surface area (TPSA) is 59.1 Å². The highest BCUT2D eigenvalue weighted by Crippen LogP contribution is 2.28. The Morgan fingerprint density at radius 3 is 2.60 bits per heavy atom. The number of nitrogens with one attached hydrogen (secondary N) is 1. The van der Waals surface area contributed by atoms with E-state index in [9.17, 15) is 12.8 Å². The molecule has 1 aromatic heterocycles. The van der Waals surface area contributed by atoms with Crippen LogP contribution in [0.15, 0.2) is 53.7 Å². The van der Waals surface area contributed by atoms with Gasteiger partial charge in [0.1, 0.15) is 5.03 Å². The summed E-state index contributed by atoms with van der Waals surface area (Å²) in [5.74, 6) is 0.655. The monoisotopic (exact) mass is 312 g/mol. The minimum atomic E-state index is -3.95. The minimum absolute atomic E-state index is 0.297. The van der Waals surface area contributed by atoms with Crippen LogP contribution in [0.5, 0.6) is 0 Å². The zero-order valence-corrected chi connectivity index (χ0v) is 12.1. The molecule has 0 atom stereocenters. The molecule has 0 radical (unpaired) electrons. The van der Waals surface area contributed by atoms with E-state index in [1.165, 1.54) is 11.8 Å². The van der Waals surface area contributed by atoms with Crippen molar-refractivity contribution in [3.8, 4) is 0 Å². The number of benzene rings is 1. The maximum atomic E-state index is 12.4. The zero-order valence-electron chi connectivity index (χ0n) is 10.5. The molecule has 1 heterocycles. The minimum Gasteiger partial charge on any atom is -0.279 e. The molecule has 0 fully saturated rings. The van der Waals surface area contributed by atoms with E-state index in [-0.39, 0.29) is 0 Å². The molecule has 0 amide bonds. The summed E-state index contributed by atoms with van der Waals surface area (Å²) < 4.78 is 37.1. The molecule has 2 rings (SSSR count). The molecular formula is C13H13FN2O2S2. The standard InChI is InChI=1S/C13H13FN2O2S2/c14-10-20(17,18)16-12-7-4-8-15-13(12)19-9-11-5-2-1-3-6-11/h1-8,16H,9-10H2. The van der Waals surface area contributed by atoms with Crippen LogP contribution in [0.2, 0.25) is 0 Å². The molecule has 0 unspecified atom stereocenters. The molecule has 7 heteroatoms. The summed E-state index contributed by atoms with van der Waals surface area (Å²) in [4.78, 5) is 4.13. The van der Waals surface area contributed by atoms with Gasteiger partial charge in [-0.15, -0.1) is 0 Å². The molecule has 0 spiro atoms. The van der Waals surface area contributed by atoms with Crippen LogP contribution in [0.1, 0.15) is 5.56 Å². The summed E-state index contributed by atoms with van der Waals surface area (Å²) in [6.45, 7) is 0. The van der Waals surface area contributed by atoms with Crippen molar-refractivity contribution in [1.82, 2.24) is 4.98 Å². The quantitative estimate of drug-likeness (QED) is 0.833. The molecule has 1 N–H and O–H groups in total. The SMILES string of the molecule is O=S(=O)(CF)Nc1cccnc1SCc1ccccc1. The number of thioether (sulfide) groups is 1. The van der Waals surface area contributed by atoms with Gasteiger partial charge in [-0.3, -0.25) is 4.72 Å². The number of hydrogen-bond donors (Lipinski definition) is 1. The summed E-state index contributed by atoms with van der Waals surface area (Å²) in [5.41, 5.74) is 1.40. The lowest BCUT2D eigenvalue weighted by molar-refractivity contribution is 0.538. The molecule has 4 nitrogen and oxygen atoms in total. The second kappa shape index (κ2) is 6.71. The highest BCUT2D eigenvalue weighted by Gasteiger charge is 2.13. The Balaban J connectivity index is 2.12. The highest BCUT2D eigenvalue weighted by molar-refractivity contribution is 7.98. The third-order valence-corrected chi connectivity index (χ3v) is 4.29. The summed E-state index contributed by atoms with van der Waals surface area (Å²) >= 11 is 1.39. The highest BCUT2D eigenvalue weighted by atomic mass is 32.2. The third-order valence-electron chi connectivity index (χ3n) is 2.40. The van der Waals surface area contributed by atoms with Crippen LogP contribution < -0.4 is 4.72 Å². The lowest BCUT2D eigenvalue weighted by atomic mass is 10.2. The van der Waals surface area contributed by atoms with E-state index >= 15 is 0 Å². The molecule has 106 valence electrons. The molecule has 0 bridgehead atoms. The number of hydrogen-bond acceptors (Lipinski definition) is 4. The Kier molecular flexibility index (Phi) is 4.97. The van der Waals surface area contributed by atoms with Gasteiger partial charge in [0, 0.05) is 11.9 Å². The first kappa shape index (κ1) is 14.8. The Hall–Kier alpha value is -1.60. The van der Waals surface area contributed by atoms with Gasteiger partial charge in [-0.2, -0.15) is 0 Å². The van der Waals surface area contributed by atoms with E-state index in [1.807, 2.05) is 30.3 Å². The number of nitrogens with zero attached hydrogens (tertiary/aromatic N) is 1. The van der Waals surface area contributed by atoms with Gasteiger partial charge >= 0.3 is 0 Å². The summed E-state index contributed by atoms with van der Waals surface area (Å²) in [5, 5.41) is 0.522. The molecule has 2 aromatic rings. The van der Waals surface area contributed by atoms with Crippen LogP contribution in [0, 0.1) is 0 Å². The number of anilines is 1. The van der Waals surface area contributed by atoms with Gasteiger partial charge in [-0.25, -0.2) is 17.8 Å². The van der Waals surface area contributed by atoms with Crippen molar-refractivity contribution in [3.63, 3.8) is 0 Å². The number of aromatic nitrogens is 1. The predicted octanol–water partition coefficient (Wildman–Crippen LogP) is 3.04. The Labute approximate surface area is 121 Å². The second-order valence-corrected chi connectivity index (χ2v) is 6.57. The van der Waals surface area contributed by atoms with Crippen molar-refractivity contribution in [3.05, 3.63) is 54.2 Å². The number of halogens is 1. The molecule has 20 heavy (non-hydrogen) atoms. The van der Waals surface area contributed by atoms with Crippen molar-refractivity contribution in [1.29, 1.82) is 0 Å². The van der Waals surface area contributed by atoms with Crippen molar-refractivity contribution >= 4 is 27.5 Å². The third kappa shape index (κ3) is 4.21. The maximum Gasteiger partial charge on any atom is 0.262 e. The largest absolute Gasteiger partial charge is 0.279 e. The Morgan fingerprint density at radius 1 is 1.15 bits per heavy atom. The van der Waals surface area contributed by atoms with Crippen LogP contribution in [-0.2, 0) is 15.8 Å². The van der Waals surface area contributed by atoms with E-state index in [0.29, 0.717) is 16.5 Å². The van der Waals surface area contributed by atoms with E-state index < -0.39 is 16.0 Å². The smallest absolute Gasteiger partial charge is 0.262 e. The normalized spacial score (nSPS) is 11.2. The Morgan fingerprint density at radius 2 is 1.90 bits per heavy atom. The maximum absolute atomic E-state index is 12.4. The summed E-state index contributed by atoms with van der Waals surface area (Å²) in [6.07, 6.45) is 1.57. The van der Waals surface area contributed by atoms with Gasteiger partial charge in [0.15, 0.2) is 0 Å². The van der Waals surface area contributed by atoms with Gasteiger partial charge in [0.25, 0.3) is 10.0 Å². The van der Waals surface area contributed by atoms with E-state index in [4.69, 9.17) is 0 Å². The van der Waals surface area contributed by atoms with Gasteiger partial charge in [-0.05, 0) is 17.7 Å². The van der Waals surface area contributed by atoms with E-state index in [0.717, 1.165) is 5.56 Å². The Bertz CT molecular complexity index is 663. The number of alkyl halides is 1. The van der Waals surface area contributed by atoms with Crippen LogP contribution in [0.3, 0.4) is 0 Å². The van der Waals surface area contributed by atoms with E-state index in [1.54, 1.807) is 18.3 Å². The fourth-order valence-corrected chi connectivity index (χ4v) is 3.03. The van der Waals surface area contributed by atoms with Crippen molar-refractivity contribution in [2.24, 2.45) is 0 Å². The first-order valence-corrected chi connectivity index (χ1v) is 8.43. The number of sulfonamides is 1. The van der Waals surface area contributed by atoms with Gasteiger partial charge in [0.05, 0.1) is 5.69 Å². The number of rotatable bonds is 6. The molecular weight excluding hydrogens is 299 g/mol. The summed E-state index contributed by atoms with van der Waals surface area (Å²) in [6, 6.07) is 11.4. The van der Waals surface area contributed by atoms with Crippen LogP contribution >= 0.6 is 11.8 Å².